The quantitative estimate of drug-likeness (QED) is 0.673. The molecule has 90 valence electrons. The Labute approximate surface area is 108 Å². The third kappa shape index (κ3) is 2.07. The van der Waals surface area contributed by atoms with Gasteiger partial charge in [0.25, 0.3) is 0 Å². The van der Waals surface area contributed by atoms with E-state index in [0.29, 0.717) is 12.2 Å². The number of benzene rings is 1. The summed E-state index contributed by atoms with van der Waals surface area (Å²) in [5.74, 6) is 0.373. The molecular weight excluding hydrogens is 246 g/mol. The van der Waals surface area contributed by atoms with Crippen molar-refractivity contribution in [1.29, 1.82) is 0 Å². The second-order valence-electron chi connectivity index (χ2n) is 4.11. The van der Waals surface area contributed by atoms with E-state index in [1.807, 2.05) is 36.6 Å². The van der Waals surface area contributed by atoms with Crippen LogP contribution in [-0.2, 0) is 6.42 Å². The summed E-state index contributed by atoms with van der Waals surface area (Å²) in [6, 6.07) is 9.40. The van der Waals surface area contributed by atoms with Crippen LogP contribution in [0, 0.1) is 6.92 Å². The fourth-order valence-electron chi connectivity index (χ4n) is 1.86. The molecule has 2 aromatic heterocycles. The van der Waals surface area contributed by atoms with Gasteiger partial charge in [0, 0.05) is 10.8 Å². The first-order valence-electron chi connectivity index (χ1n) is 5.65. The number of rotatable bonds is 3. The van der Waals surface area contributed by atoms with Crippen molar-refractivity contribution >= 4 is 28.1 Å². The van der Waals surface area contributed by atoms with E-state index in [0.717, 1.165) is 21.7 Å². The SMILES string of the molecule is Cc1nc(CC(=O)c2cc3ccccc3o2)cs1. The number of aromatic nitrogens is 1. The van der Waals surface area contributed by atoms with E-state index in [9.17, 15) is 4.79 Å². The van der Waals surface area contributed by atoms with E-state index in [4.69, 9.17) is 4.42 Å². The van der Waals surface area contributed by atoms with Crippen LogP contribution in [0.1, 0.15) is 21.3 Å². The zero-order valence-electron chi connectivity index (χ0n) is 9.84. The fourth-order valence-corrected chi connectivity index (χ4v) is 2.47. The second kappa shape index (κ2) is 4.38. The number of Topliss-reactive ketones (excluding diaryl/α,β-unsaturated/α-hetero) is 1. The second-order valence-corrected chi connectivity index (χ2v) is 5.17. The Morgan fingerprint density at radius 1 is 1.39 bits per heavy atom. The molecule has 0 atom stereocenters. The van der Waals surface area contributed by atoms with E-state index in [1.54, 1.807) is 17.4 Å². The minimum atomic E-state index is -0.0310. The smallest absolute Gasteiger partial charge is 0.203 e. The Hall–Kier alpha value is -1.94. The van der Waals surface area contributed by atoms with Crippen molar-refractivity contribution in [1.82, 2.24) is 4.98 Å². The molecule has 1 aromatic carbocycles. The zero-order valence-corrected chi connectivity index (χ0v) is 10.7. The van der Waals surface area contributed by atoms with Crippen LogP contribution in [0.25, 0.3) is 11.0 Å². The molecule has 0 unspecified atom stereocenters. The highest BCUT2D eigenvalue weighted by Crippen LogP contribution is 2.20. The molecule has 0 saturated heterocycles. The fraction of sp³-hybridized carbons (Fsp3) is 0.143. The van der Waals surface area contributed by atoms with Crippen molar-refractivity contribution in [3.05, 3.63) is 52.2 Å². The summed E-state index contributed by atoms with van der Waals surface area (Å²) in [5, 5.41) is 3.84. The van der Waals surface area contributed by atoms with E-state index >= 15 is 0 Å². The van der Waals surface area contributed by atoms with E-state index in [2.05, 4.69) is 4.98 Å². The van der Waals surface area contributed by atoms with Crippen LogP contribution in [0.15, 0.2) is 40.1 Å². The van der Waals surface area contributed by atoms with E-state index < -0.39 is 0 Å². The van der Waals surface area contributed by atoms with Crippen molar-refractivity contribution < 1.29 is 9.21 Å². The highest BCUT2D eigenvalue weighted by molar-refractivity contribution is 7.09. The first-order valence-corrected chi connectivity index (χ1v) is 6.53. The minimum Gasteiger partial charge on any atom is -0.453 e. The van der Waals surface area contributed by atoms with Crippen LogP contribution < -0.4 is 0 Å². The van der Waals surface area contributed by atoms with Crippen molar-refractivity contribution in [3.8, 4) is 0 Å². The number of hydrogen-bond donors (Lipinski definition) is 0. The number of carbonyl (C=O) groups excluding carboxylic acids is 1. The predicted molar refractivity (Wildman–Crippen MR) is 71.1 cm³/mol. The molecule has 3 rings (SSSR count). The molecule has 0 saturated carbocycles. The molecule has 3 nitrogen and oxygen atoms in total. The maximum Gasteiger partial charge on any atom is 0.203 e. The van der Waals surface area contributed by atoms with Crippen LogP contribution in [-0.4, -0.2) is 10.8 Å². The third-order valence-corrected chi connectivity index (χ3v) is 3.53. The van der Waals surface area contributed by atoms with Gasteiger partial charge in [0.15, 0.2) is 5.76 Å². The monoisotopic (exact) mass is 257 g/mol. The lowest BCUT2D eigenvalue weighted by Gasteiger charge is -1.93. The van der Waals surface area contributed by atoms with E-state index in [-0.39, 0.29) is 5.78 Å². The molecule has 4 heteroatoms. The molecule has 0 spiro atoms. The Bertz CT molecular complexity index is 678. The zero-order chi connectivity index (χ0) is 12.5. The summed E-state index contributed by atoms with van der Waals surface area (Å²) in [4.78, 5) is 16.3. The highest BCUT2D eigenvalue weighted by Gasteiger charge is 2.14. The summed E-state index contributed by atoms with van der Waals surface area (Å²) in [6.45, 7) is 1.93. The van der Waals surface area contributed by atoms with Gasteiger partial charge in [0.05, 0.1) is 17.1 Å². The number of ketones is 1. The van der Waals surface area contributed by atoms with Gasteiger partial charge in [-0.15, -0.1) is 11.3 Å². The first kappa shape index (κ1) is 11.2. The lowest BCUT2D eigenvalue weighted by Crippen LogP contribution is -2.02. The molecule has 0 fully saturated rings. The number of hydrogen-bond acceptors (Lipinski definition) is 4. The molecule has 0 amide bonds. The lowest BCUT2D eigenvalue weighted by molar-refractivity contribution is 0.0967. The van der Waals surface area contributed by atoms with Crippen LogP contribution in [0.4, 0.5) is 0 Å². The van der Waals surface area contributed by atoms with Gasteiger partial charge in [-0.3, -0.25) is 4.79 Å². The molecule has 0 bridgehead atoms. The molecule has 0 aliphatic heterocycles. The van der Waals surface area contributed by atoms with E-state index in [1.165, 1.54) is 0 Å². The Morgan fingerprint density at radius 2 is 2.22 bits per heavy atom. The number of thiazole rings is 1. The van der Waals surface area contributed by atoms with Gasteiger partial charge in [-0.2, -0.15) is 0 Å². The molecule has 18 heavy (non-hydrogen) atoms. The van der Waals surface area contributed by atoms with Crippen molar-refractivity contribution in [3.63, 3.8) is 0 Å². The standard InChI is InChI=1S/C14H11NO2S/c1-9-15-11(8-18-9)7-12(16)14-6-10-4-2-3-5-13(10)17-14/h2-6,8H,7H2,1H3. The largest absolute Gasteiger partial charge is 0.453 e. The average Bonchev–Trinajstić information content (AvgIpc) is 2.95. The number of fused-ring (bicyclic) bond motifs is 1. The van der Waals surface area contributed by atoms with Crippen molar-refractivity contribution in [2.45, 2.75) is 13.3 Å². The predicted octanol–water partition coefficient (Wildman–Crippen LogP) is 3.62. The van der Waals surface area contributed by atoms with Crippen molar-refractivity contribution in [2.24, 2.45) is 0 Å². The Morgan fingerprint density at radius 3 is 2.94 bits per heavy atom. The summed E-state index contributed by atoms with van der Waals surface area (Å²) in [7, 11) is 0. The number of aryl methyl sites for hydroxylation is 1. The maximum absolute atomic E-state index is 12.1. The van der Waals surface area contributed by atoms with Gasteiger partial charge in [0.2, 0.25) is 5.78 Å². The minimum absolute atomic E-state index is 0.0310. The molecule has 3 aromatic rings. The topological polar surface area (TPSA) is 43.1 Å². The highest BCUT2D eigenvalue weighted by atomic mass is 32.1. The number of para-hydroxylation sites is 1. The Kier molecular flexibility index (Phi) is 2.72. The summed E-state index contributed by atoms with van der Waals surface area (Å²) >= 11 is 1.55. The molecule has 2 heterocycles. The lowest BCUT2D eigenvalue weighted by atomic mass is 10.2. The molecule has 0 aliphatic carbocycles. The van der Waals surface area contributed by atoms with Gasteiger partial charge < -0.3 is 4.42 Å². The summed E-state index contributed by atoms with van der Waals surface area (Å²) in [5.41, 5.74) is 1.55. The molecule has 0 N–H and O–H groups in total. The van der Waals surface area contributed by atoms with Gasteiger partial charge in [-0.05, 0) is 19.1 Å². The normalized spacial score (nSPS) is 10.9. The van der Waals surface area contributed by atoms with Crippen LogP contribution in [0.5, 0.6) is 0 Å². The maximum atomic E-state index is 12.1. The first-order chi connectivity index (χ1) is 8.72. The number of furan rings is 1. The number of carbonyl (C=O) groups is 1. The molecule has 0 radical (unpaired) electrons. The number of nitrogens with zero attached hydrogens (tertiary/aromatic N) is 1. The van der Waals surface area contributed by atoms with Gasteiger partial charge >= 0.3 is 0 Å². The Balaban J connectivity index is 1.87. The third-order valence-electron chi connectivity index (χ3n) is 2.71. The van der Waals surface area contributed by atoms with Crippen LogP contribution in [0.2, 0.25) is 0 Å². The molecule has 0 aliphatic rings. The van der Waals surface area contributed by atoms with Gasteiger partial charge in [-0.25, -0.2) is 4.98 Å². The van der Waals surface area contributed by atoms with Gasteiger partial charge in [0.1, 0.15) is 5.58 Å². The summed E-state index contributed by atoms with van der Waals surface area (Å²) in [6.07, 6.45) is 0.296. The molecular formula is C14H11NO2S. The van der Waals surface area contributed by atoms with Crippen LogP contribution >= 0.6 is 11.3 Å². The summed E-state index contributed by atoms with van der Waals surface area (Å²) < 4.78 is 5.53. The van der Waals surface area contributed by atoms with Gasteiger partial charge in [-0.1, -0.05) is 18.2 Å². The van der Waals surface area contributed by atoms with Crippen molar-refractivity contribution in [2.75, 3.05) is 0 Å². The van der Waals surface area contributed by atoms with Crippen LogP contribution in [0.3, 0.4) is 0 Å². The average molecular weight is 257 g/mol.